The van der Waals surface area contributed by atoms with Crippen LogP contribution in [0.4, 0.5) is 5.69 Å². The molecule has 3 rings (SSSR count). The summed E-state index contributed by atoms with van der Waals surface area (Å²) >= 11 is 1.35. The van der Waals surface area contributed by atoms with Crippen LogP contribution in [0.5, 0.6) is 5.75 Å². The number of thiophene rings is 1. The summed E-state index contributed by atoms with van der Waals surface area (Å²) in [6, 6.07) is 6.12. The summed E-state index contributed by atoms with van der Waals surface area (Å²) < 4.78 is 34.1. The molecule has 0 fully saturated rings. The third kappa shape index (κ3) is 4.78. The van der Waals surface area contributed by atoms with Gasteiger partial charge >= 0.3 is 0 Å². The Bertz CT molecular complexity index is 1250. The number of hydrogen-bond donors (Lipinski definition) is 1. The highest BCUT2D eigenvalue weighted by Crippen LogP contribution is 2.30. The minimum absolute atomic E-state index is 0.0191. The van der Waals surface area contributed by atoms with Crippen LogP contribution in [0.1, 0.15) is 20.8 Å². The van der Waals surface area contributed by atoms with E-state index in [2.05, 4.69) is 10.3 Å². The highest BCUT2D eigenvalue weighted by Gasteiger charge is 2.26. The van der Waals surface area contributed by atoms with Gasteiger partial charge in [-0.3, -0.25) is 14.2 Å². The first-order chi connectivity index (χ1) is 14.8. The number of hydrogen-bond acceptors (Lipinski definition) is 7. The number of nitrogens with one attached hydrogen (secondary N) is 1. The summed E-state index contributed by atoms with van der Waals surface area (Å²) in [4.78, 5) is 29.8. The highest BCUT2D eigenvalue weighted by atomic mass is 32.2. The molecule has 3 aromatic rings. The van der Waals surface area contributed by atoms with E-state index in [-0.39, 0.29) is 28.4 Å². The van der Waals surface area contributed by atoms with Gasteiger partial charge in [0.05, 0.1) is 18.3 Å². The zero-order chi connectivity index (χ0) is 22.6. The molecule has 0 unspecified atom stereocenters. The van der Waals surface area contributed by atoms with E-state index >= 15 is 0 Å². The van der Waals surface area contributed by atoms with Gasteiger partial charge in [-0.25, -0.2) is 13.4 Å². The maximum atomic E-state index is 13.0. The smallest absolute Gasteiger partial charge is 0.262 e. The Labute approximate surface area is 184 Å². The van der Waals surface area contributed by atoms with Crippen molar-refractivity contribution in [3.8, 4) is 5.75 Å². The standard InChI is InChI=1S/C20H24N4O5S2/c1-4-24(5-2)31(27,28)17-11-14(7-8-16(17)29-6-3)22-18(25)12-23-13-21-19-15(20(23)26)9-10-30-19/h7-11,13H,4-6,12H2,1-3H3,(H,22,25). The van der Waals surface area contributed by atoms with Crippen molar-refractivity contribution in [3.63, 3.8) is 0 Å². The van der Waals surface area contributed by atoms with Gasteiger partial charge in [-0.05, 0) is 36.6 Å². The predicted molar refractivity (Wildman–Crippen MR) is 120 cm³/mol. The van der Waals surface area contributed by atoms with Gasteiger partial charge in [0.15, 0.2) is 0 Å². The van der Waals surface area contributed by atoms with Crippen molar-refractivity contribution in [2.45, 2.75) is 32.2 Å². The van der Waals surface area contributed by atoms with E-state index in [1.54, 1.807) is 38.3 Å². The Hall–Kier alpha value is -2.76. The predicted octanol–water partition coefficient (Wildman–Crippen LogP) is 2.53. The van der Waals surface area contributed by atoms with Crippen LogP contribution in [0.25, 0.3) is 10.2 Å². The van der Waals surface area contributed by atoms with Crippen LogP contribution >= 0.6 is 11.3 Å². The van der Waals surface area contributed by atoms with E-state index < -0.39 is 15.9 Å². The van der Waals surface area contributed by atoms with Crippen molar-refractivity contribution in [1.29, 1.82) is 0 Å². The summed E-state index contributed by atoms with van der Waals surface area (Å²) in [5.41, 5.74) is -0.0188. The van der Waals surface area contributed by atoms with Gasteiger partial charge in [-0.15, -0.1) is 11.3 Å². The van der Waals surface area contributed by atoms with E-state index in [0.717, 1.165) is 0 Å². The third-order valence-corrected chi connectivity index (χ3v) is 7.51. The van der Waals surface area contributed by atoms with E-state index in [1.807, 2.05) is 0 Å². The van der Waals surface area contributed by atoms with Gasteiger partial charge in [0.1, 0.15) is 22.0 Å². The summed E-state index contributed by atoms with van der Waals surface area (Å²) in [5.74, 6) is -0.260. The van der Waals surface area contributed by atoms with Gasteiger partial charge in [-0.2, -0.15) is 4.31 Å². The third-order valence-electron chi connectivity index (χ3n) is 4.61. The first kappa shape index (κ1) is 22.9. The molecule has 0 radical (unpaired) electrons. The number of fused-ring (bicyclic) bond motifs is 1. The maximum absolute atomic E-state index is 13.0. The van der Waals surface area contributed by atoms with Crippen molar-refractivity contribution in [2.75, 3.05) is 25.0 Å². The molecule has 0 atom stereocenters. The first-order valence-electron chi connectivity index (χ1n) is 9.81. The number of benzene rings is 1. The zero-order valence-corrected chi connectivity index (χ0v) is 19.1. The van der Waals surface area contributed by atoms with Gasteiger partial charge in [-0.1, -0.05) is 13.8 Å². The molecule has 0 aliphatic rings. The van der Waals surface area contributed by atoms with E-state index in [4.69, 9.17) is 4.74 Å². The number of amides is 1. The number of nitrogens with zero attached hydrogens (tertiary/aromatic N) is 3. The Morgan fingerprint density at radius 2 is 1.97 bits per heavy atom. The summed E-state index contributed by atoms with van der Waals surface area (Å²) in [5, 5.41) is 4.87. The topological polar surface area (TPSA) is 111 Å². The number of ether oxygens (including phenoxy) is 1. The summed E-state index contributed by atoms with van der Waals surface area (Å²) in [6.45, 7) is 5.94. The van der Waals surface area contributed by atoms with Crippen molar-refractivity contribution >= 4 is 43.2 Å². The average Bonchev–Trinajstić information content (AvgIpc) is 3.22. The molecule has 0 aliphatic carbocycles. The minimum Gasteiger partial charge on any atom is -0.492 e. The van der Waals surface area contributed by atoms with E-state index in [9.17, 15) is 18.0 Å². The molecule has 0 bridgehead atoms. The second kappa shape index (κ2) is 9.58. The number of sulfonamides is 1. The van der Waals surface area contributed by atoms with E-state index in [0.29, 0.717) is 29.9 Å². The van der Waals surface area contributed by atoms with Crippen molar-refractivity contribution in [3.05, 3.63) is 46.3 Å². The van der Waals surface area contributed by atoms with E-state index in [1.165, 1.54) is 38.7 Å². The van der Waals surface area contributed by atoms with Crippen LogP contribution in [0, 0.1) is 0 Å². The van der Waals surface area contributed by atoms with Gasteiger partial charge < -0.3 is 10.1 Å². The molecule has 2 aromatic heterocycles. The van der Waals surface area contributed by atoms with Gasteiger partial charge in [0, 0.05) is 18.8 Å². The summed E-state index contributed by atoms with van der Waals surface area (Å²) in [7, 11) is -3.80. The molecular weight excluding hydrogens is 440 g/mol. The fourth-order valence-electron chi connectivity index (χ4n) is 3.13. The number of anilines is 1. The number of rotatable bonds is 9. The van der Waals surface area contributed by atoms with Crippen LogP contribution in [-0.2, 0) is 21.4 Å². The molecular formula is C20H24N4O5S2. The molecule has 0 aliphatic heterocycles. The lowest BCUT2D eigenvalue weighted by Crippen LogP contribution is -2.31. The van der Waals surface area contributed by atoms with Crippen LogP contribution < -0.4 is 15.6 Å². The molecule has 0 saturated carbocycles. The second-order valence-corrected chi connectivity index (χ2v) is 9.35. The van der Waals surface area contributed by atoms with Crippen LogP contribution in [0.15, 0.2) is 45.7 Å². The monoisotopic (exact) mass is 464 g/mol. The molecule has 1 N–H and O–H groups in total. The quantitative estimate of drug-likeness (QED) is 0.521. The number of carbonyl (C=O) groups excluding carboxylic acids is 1. The molecule has 2 heterocycles. The Morgan fingerprint density at radius 1 is 1.23 bits per heavy atom. The normalized spacial score (nSPS) is 11.7. The molecule has 166 valence electrons. The van der Waals surface area contributed by atoms with Crippen LogP contribution in [0.3, 0.4) is 0 Å². The van der Waals surface area contributed by atoms with Crippen LogP contribution in [-0.4, -0.2) is 47.9 Å². The lowest BCUT2D eigenvalue weighted by atomic mass is 10.3. The molecule has 31 heavy (non-hydrogen) atoms. The molecule has 0 spiro atoms. The molecule has 1 aromatic carbocycles. The molecule has 11 heteroatoms. The fraction of sp³-hybridized carbons (Fsp3) is 0.350. The molecule has 9 nitrogen and oxygen atoms in total. The van der Waals surface area contributed by atoms with Crippen molar-refractivity contribution in [1.82, 2.24) is 13.9 Å². The zero-order valence-electron chi connectivity index (χ0n) is 17.5. The summed E-state index contributed by atoms with van der Waals surface area (Å²) in [6.07, 6.45) is 1.33. The van der Waals surface area contributed by atoms with Crippen molar-refractivity contribution in [2.24, 2.45) is 0 Å². The molecule has 1 amide bonds. The lowest BCUT2D eigenvalue weighted by Gasteiger charge is -2.21. The minimum atomic E-state index is -3.80. The Kier molecular flexibility index (Phi) is 7.08. The highest BCUT2D eigenvalue weighted by molar-refractivity contribution is 7.89. The van der Waals surface area contributed by atoms with Crippen LogP contribution in [0.2, 0.25) is 0 Å². The van der Waals surface area contributed by atoms with Crippen molar-refractivity contribution < 1.29 is 17.9 Å². The molecule has 0 saturated heterocycles. The largest absolute Gasteiger partial charge is 0.492 e. The van der Waals surface area contributed by atoms with Gasteiger partial charge in [0.25, 0.3) is 5.56 Å². The SMILES string of the molecule is CCOc1ccc(NC(=O)Cn2cnc3sccc3c2=O)cc1S(=O)(=O)N(CC)CC. The Morgan fingerprint density at radius 3 is 2.65 bits per heavy atom. The maximum Gasteiger partial charge on any atom is 0.262 e. The number of aromatic nitrogens is 2. The second-order valence-electron chi connectivity index (χ2n) is 6.55. The average molecular weight is 465 g/mol. The first-order valence-corrected chi connectivity index (χ1v) is 12.1. The van der Waals surface area contributed by atoms with Gasteiger partial charge in [0.2, 0.25) is 15.9 Å². The fourth-order valence-corrected chi connectivity index (χ4v) is 5.46. The Balaban J connectivity index is 1.88. The number of carbonyl (C=O) groups is 1. The lowest BCUT2D eigenvalue weighted by molar-refractivity contribution is -0.116.